The Bertz CT molecular complexity index is 683. The fourth-order valence-corrected chi connectivity index (χ4v) is 4.25. The molecule has 120 valence electrons. The molecule has 0 aromatic heterocycles. The Morgan fingerprint density at radius 3 is 2.61 bits per heavy atom. The number of thioether (sulfide) groups is 1. The third-order valence-corrected chi connectivity index (χ3v) is 6.28. The van der Waals surface area contributed by atoms with Gasteiger partial charge in [0.05, 0.1) is 13.0 Å². The molecule has 0 N–H and O–H groups in total. The van der Waals surface area contributed by atoms with Crippen molar-refractivity contribution >= 4 is 33.7 Å². The Hall–Kier alpha value is -1.26. The lowest BCUT2D eigenvalue weighted by Gasteiger charge is -2.16. The number of esters is 1. The molecule has 4 heteroatoms. The van der Waals surface area contributed by atoms with E-state index in [0.717, 1.165) is 20.8 Å². The Kier molecular flexibility index (Phi) is 5.44. The molecule has 3 rings (SSSR count). The van der Waals surface area contributed by atoms with Crippen LogP contribution < -0.4 is 0 Å². The molecule has 1 saturated carbocycles. The van der Waals surface area contributed by atoms with Crippen molar-refractivity contribution in [3.8, 4) is 0 Å². The Labute approximate surface area is 149 Å². The minimum atomic E-state index is -0.279. The lowest BCUT2D eigenvalue weighted by molar-refractivity contribution is -0.142. The number of carbonyl (C=O) groups is 1. The molecule has 0 saturated heterocycles. The van der Waals surface area contributed by atoms with Gasteiger partial charge in [0.2, 0.25) is 0 Å². The Morgan fingerprint density at radius 2 is 2.00 bits per heavy atom. The first-order chi connectivity index (χ1) is 11.2. The second kappa shape index (κ2) is 7.54. The van der Waals surface area contributed by atoms with E-state index in [0.29, 0.717) is 6.42 Å². The highest BCUT2D eigenvalue weighted by atomic mass is 79.9. The maximum Gasteiger partial charge on any atom is 0.313 e. The summed E-state index contributed by atoms with van der Waals surface area (Å²) in [6, 6.07) is 16.3. The second-order valence-electron chi connectivity index (χ2n) is 5.77. The van der Waals surface area contributed by atoms with Gasteiger partial charge in [-0.05, 0) is 58.5 Å². The van der Waals surface area contributed by atoms with Crippen LogP contribution in [0.25, 0.3) is 0 Å². The van der Waals surface area contributed by atoms with Crippen LogP contribution in [0.1, 0.15) is 29.9 Å². The highest BCUT2D eigenvalue weighted by Gasteiger charge is 2.25. The van der Waals surface area contributed by atoms with Crippen molar-refractivity contribution < 1.29 is 9.53 Å². The second-order valence-corrected chi connectivity index (χ2v) is 7.97. The summed E-state index contributed by atoms with van der Waals surface area (Å²) >= 11 is 5.57. The maximum atomic E-state index is 12.3. The maximum absolute atomic E-state index is 12.3. The minimum absolute atomic E-state index is 0.191. The molecule has 2 aromatic carbocycles. The van der Waals surface area contributed by atoms with Gasteiger partial charge in [-0.3, -0.25) is 4.79 Å². The van der Waals surface area contributed by atoms with Gasteiger partial charge in [0.25, 0.3) is 0 Å². The van der Waals surface area contributed by atoms with Crippen molar-refractivity contribution in [3.63, 3.8) is 0 Å². The van der Waals surface area contributed by atoms with Gasteiger partial charge in [-0.2, -0.15) is 0 Å². The van der Waals surface area contributed by atoms with Gasteiger partial charge in [-0.25, -0.2) is 0 Å². The average molecular weight is 391 g/mol. The van der Waals surface area contributed by atoms with Crippen molar-refractivity contribution in [2.45, 2.75) is 35.3 Å². The summed E-state index contributed by atoms with van der Waals surface area (Å²) < 4.78 is 6.09. The molecule has 1 atom stereocenters. The number of rotatable bonds is 6. The van der Waals surface area contributed by atoms with Gasteiger partial charge in [0, 0.05) is 14.6 Å². The van der Waals surface area contributed by atoms with Gasteiger partial charge in [0.15, 0.2) is 0 Å². The normalized spacial score (nSPS) is 15.2. The van der Waals surface area contributed by atoms with E-state index < -0.39 is 0 Å². The van der Waals surface area contributed by atoms with Crippen LogP contribution in [0.3, 0.4) is 0 Å². The van der Waals surface area contributed by atoms with Gasteiger partial charge in [0.1, 0.15) is 0 Å². The summed E-state index contributed by atoms with van der Waals surface area (Å²) in [4.78, 5) is 13.5. The summed E-state index contributed by atoms with van der Waals surface area (Å²) in [5.41, 5.74) is 2.13. The van der Waals surface area contributed by atoms with E-state index in [1.54, 1.807) is 0 Å². The van der Waals surface area contributed by atoms with Crippen LogP contribution in [0, 0.1) is 0 Å². The van der Waals surface area contributed by atoms with Gasteiger partial charge in [-0.15, -0.1) is 11.8 Å². The molecule has 0 aliphatic heterocycles. The van der Waals surface area contributed by atoms with E-state index in [-0.39, 0.29) is 11.9 Å². The number of benzene rings is 2. The third-order valence-electron chi connectivity index (χ3n) is 3.94. The van der Waals surface area contributed by atoms with E-state index in [9.17, 15) is 4.79 Å². The first-order valence-electron chi connectivity index (χ1n) is 7.75. The molecule has 1 fully saturated rings. The Balaban J connectivity index is 1.83. The SMILES string of the molecule is COC(=O)C(Cc1ccccc1)c1ccc(SC2CC2)c(Br)c1. The van der Waals surface area contributed by atoms with Crippen molar-refractivity contribution in [2.75, 3.05) is 7.11 Å². The van der Waals surface area contributed by atoms with Gasteiger partial charge < -0.3 is 4.74 Å². The van der Waals surface area contributed by atoms with E-state index in [4.69, 9.17) is 4.74 Å². The molecule has 0 bridgehead atoms. The van der Waals surface area contributed by atoms with Crippen molar-refractivity contribution in [3.05, 3.63) is 64.1 Å². The molecule has 0 heterocycles. The molecular weight excluding hydrogens is 372 g/mol. The molecule has 1 aliphatic rings. The van der Waals surface area contributed by atoms with E-state index in [1.165, 1.54) is 24.8 Å². The summed E-state index contributed by atoms with van der Waals surface area (Å²) in [7, 11) is 1.45. The van der Waals surface area contributed by atoms with E-state index in [2.05, 4.69) is 34.1 Å². The quantitative estimate of drug-likeness (QED) is 0.633. The first kappa shape index (κ1) is 16.6. The lowest BCUT2D eigenvalue weighted by Crippen LogP contribution is -2.17. The topological polar surface area (TPSA) is 26.3 Å². The van der Waals surface area contributed by atoms with Crippen LogP contribution in [-0.4, -0.2) is 18.3 Å². The highest BCUT2D eigenvalue weighted by molar-refractivity contribution is 9.10. The van der Waals surface area contributed by atoms with E-state index in [1.807, 2.05) is 42.1 Å². The molecule has 1 unspecified atom stereocenters. The summed E-state index contributed by atoms with van der Waals surface area (Å²) in [5.74, 6) is -0.470. The van der Waals surface area contributed by atoms with Gasteiger partial charge in [-0.1, -0.05) is 36.4 Å². The predicted octanol–water partition coefficient (Wildman–Crippen LogP) is 5.20. The number of hydrogen-bond acceptors (Lipinski definition) is 3. The molecule has 2 nitrogen and oxygen atoms in total. The zero-order valence-corrected chi connectivity index (χ0v) is 15.4. The highest BCUT2D eigenvalue weighted by Crippen LogP contribution is 2.42. The van der Waals surface area contributed by atoms with Crippen LogP contribution in [0.4, 0.5) is 0 Å². The van der Waals surface area contributed by atoms with Crippen molar-refractivity contribution in [1.29, 1.82) is 0 Å². The molecule has 0 amide bonds. The predicted molar refractivity (Wildman–Crippen MR) is 97.9 cm³/mol. The number of ether oxygens (including phenoxy) is 1. The van der Waals surface area contributed by atoms with Crippen LogP contribution in [0.15, 0.2) is 57.9 Å². The minimum Gasteiger partial charge on any atom is -0.469 e. The van der Waals surface area contributed by atoms with Crippen LogP contribution >= 0.6 is 27.7 Å². The number of methoxy groups -OCH3 is 1. The van der Waals surface area contributed by atoms with Crippen molar-refractivity contribution in [1.82, 2.24) is 0 Å². The molecule has 1 aliphatic carbocycles. The average Bonchev–Trinajstić information content (AvgIpc) is 3.39. The third kappa shape index (κ3) is 4.39. The van der Waals surface area contributed by atoms with Crippen LogP contribution in [0.5, 0.6) is 0 Å². The monoisotopic (exact) mass is 390 g/mol. The summed E-state index contributed by atoms with van der Waals surface area (Å²) in [6.07, 6.45) is 3.25. The standard InChI is InChI=1S/C19H19BrO2S/c1-22-19(21)16(11-13-5-3-2-4-6-13)14-7-10-18(17(20)12-14)23-15-8-9-15/h2-7,10,12,15-16H,8-9,11H2,1H3. The molecular formula is C19H19BrO2S. The number of carbonyl (C=O) groups excluding carboxylic acids is 1. The largest absolute Gasteiger partial charge is 0.469 e. The van der Waals surface area contributed by atoms with Crippen molar-refractivity contribution in [2.24, 2.45) is 0 Å². The van der Waals surface area contributed by atoms with Crippen LogP contribution in [0.2, 0.25) is 0 Å². The number of hydrogen-bond donors (Lipinski definition) is 0. The molecule has 0 spiro atoms. The molecule has 0 radical (unpaired) electrons. The Morgan fingerprint density at radius 1 is 1.26 bits per heavy atom. The zero-order valence-electron chi connectivity index (χ0n) is 13.0. The number of halogens is 1. The summed E-state index contributed by atoms with van der Waals surface area (Å²) in [5, 5.41) is 0.762. The van der Waals surface area contributed by atoms with Crippen LogP contribution in [-0.2, 0) is 16.0 Å². The molecule has 2 aromatic rings. The first-order valence-corrected chi connectivity index (χ1v) is 9.42. The van der Waals surface area contributed by atoms with E-state index >= 15 is 0 Å². The smallest absolute Gasteiger partial charge is 0.313 e. The fourth-order valence-electron chi connectivity index (χ4n) is 2.52. The molecule has 23 heavy (non-hydrogen) atoms. The van der Waals surface area contributed by atoms with Gasteiger partial charge >= 0.3 is 5.97 Å². The lowest BCUT2D eigenvalue weighted by atomic mass is 9.92. The fraction of sp³-hybridized carbons (Fsp3) is 0.316. The summed E-state index contributed by atoms with van der Waals surface area (Å²) in [6.45, 7) is 0. The zero-order chi connectivity index (χ0) is 16.2.